The number of benzene rings is 2. The zero-order valence-corrected chi connectivity index (χ0v) is 35.3. The van der Waals surface area contributed by atoms with E-state index in [-0.39, 0.29) is 46.6 Å². The summed E-state index contributed by atoms with van der Waals surface area (Å²) in [6, 6.07) is 10.3. The van der Waals surface area contributed by atoms with Crippen LogP contribution in [0.4, 0.5) is 11.4 Å². The number of hydrogen-bond acceptors (Lipinski definition) is 10. The highest BCUT2D eigenvalue weighted by Gasteiger charge is 2.23. The molecule has 0 saturated heterocycles. The number of rotatable bonds is 21. The first kappa shape index (κ1) is 47.2. The van der Waals surface area contributed by atoms with Gasteiger partial charge in [-0.05, 0) is 86.2 Å². The van der Waals surface area contributed by atoms with Crippen molar-refractivity contribution in [3.05, 3.63) is 75.5 Å². The van der Waals surface area contributed by atoms with Crippen LogP contribution in [0.3, 0.4) is 0 Å². The summed E-state index contributed by atoms with van der Waals surface area (Å²) in [6.45, 7) is 19.4. The Labute approximate surface area is 336 Å². The van der Waals surface area contributed by atoms with Crippen LogP contribution >= 0.6 is 23.5 Å². The van der Waals surface area contributed by atoms with E-state index in [0.717, 1.165) is 5.56 Å². The fourth-order valence-corrected chi connectivity index (χ4v) is 6.79. The summed E-state index contributed by atoms with van der Waals surface area (Å²) < 4.78 is 0. The number of nitrogens with zero attached hydrogens (tertiary/aromatic N) is 1. The Balaban J connectivity index is 2.51. The molecule has 2 aromatic rings. The Bertz CT molecular complexity index is 1710. The van der Waals surface area contributed by atoms with E-state index in [1.165, 1.54) is 29.6 Å². The molecule has 0 bridgehead atoms. The molecule has 0 spiro atoms. The van der Waals surface area contributed by atoms with E-state index in [1.54, 1.807) is 25.1 Å². The second-order valence-corrected chi connectivity index (χ2v) is 17.5. The van der Waals surface area contributed by atoms with Crippen LogP contribution in [0.5, 0.6) is 0 Å². The minimum atomic E-state index is -0.427. The Morgan fingerprint density at radius 2 is 1.42 bits per heavy atom. The molecule has 10 N–H and O–H groups in total. The standard InChI is InChI=1S/C41H62N8O4S2/c1-27(36(54-22-19-43)31(16-17-40(2,3)4)47-35(51)15-11-21-45-8)46-38(52)28-12-9-13-29(24-28)39(53)49-33-26-30(41(5,6)7)25-32(37(33)55-23-20-44)48-34(50)14-10-18-42/h9,12-13,16,24-26H,8,10-11,14-15,17-23,42-44H2,1-7H3,(H,46,52)(H,47,51)(H,48,50)(H,49,53). The fraction of sp³-hybridized carbons (Fsp3) is 0.488. The number of aliphatic imine (C=N–C) groups is 1. The minimum Gasteiger partial charge on any atom is -0.330 e. The summed E-state index contributed by atoms with van der Waals surface area (Å²) in [6.07, 6.45) is 4.32. The molecule has 0 heterocycles. The Kier molecular flexibility index (Phi) is 19.9. The monoisotopic (exact) mass is 794 g/mol. The summed E-state index contributed by atoms with van der Waals surface area (Å²) in [5, 5.41) is 12.1. The lowest BCUT2D eigenvalue weighted by Crippen LogP contribution is -2.28. The van der Waals surface area contributed by atoms with E-state index in [2.05, 4.69) is 74.5 Å². The molecule has 0 aliphatic heterocycles. The molecule has 0 saturated carbocycles. The number of nitrogens with one attached hydrogen (secondary N) is 4. The van der Waals surface area contributed by atoms with Crippen LogP contribution in [0.1, 0.15) is 107 Å². The van der Waals surface area contributed by atoms with Crippen molar-refractivity contribution in [2.24, 2.45) is 27.6 Å². The van der Waals surface area contributed by atoms with Gasteiger partial charge in [0.1, 0.15) is 0 Å². The molecule has 0 aliphatic carbocycles. The molecule has 0 radical (unpaired) electrons. The number of carbonyl (C=O) groups excluding carboxylic acids is 4. The highest BCUT2D eigenvalue weighted by molar-refractivity contribution is 8.03. The molecule has 55 heavy (non-hydrogen) atoms. The summed E-state index contributed by atoms with van der Waals surface area (Å²) >= 11 is 2.88. The fourth-order valence-electron chi connectivity index (χ4n) is 5.06. The molecule has 0 aromatic heterocycles. The maximum Gasteiger partial charge on any atom is 0.255 e. The quantitative estimate of drug-likeness (QED) is 0.0317. The van der Waals surface area contributed by atoms with Crippen LogP contribution in [-0.4, -0.2) is 68.0 Å². The minimum absolute atomic E-state index is 0.0531. The highest BCUT2D eigenvalue weighted by atomic mass is 32.2. The van der Waals surface area contributed by atoms with Crippen molar-refractivity contribution in [3.8, 4) is 0 Å². The Morgan fingerprint density at radius 3 is 2.00 bits per heavy atom. The Morgan fingerprint density at radius 1 is 0.800 bits per heavy atom. The molecular formula is C41H62N8O4S2. The van der Waals surface area contributed by atoms with Gasteiger partial charge in [-0.2, -0.15) is 0 Å². The lowest BCUT2D eigenvalue weighted by Gasteiger charge is -2.24. The number of carbonyl (C=O) groups is 4. The largest absolute Gasteiger partial charge is 0.330 e. The molecule has 14 heteroatoms. The zero-order valence-electron chi connectivity index (χ0n) is 33.7. The smallest absolute Gasteiger partial charge is 0.255 e. The average Bonchev–Trinajstić information content (AvgIpc) is 3.11. The van der Waals surface area contributed by atoms with Crippen LogP contribution in [0, 0.1) is 5.41 Å². The van der Waals surface area contributed by atoms with E-state index in [0.29, 0.717) is 89.5 Å². The SMILES string of the molecule is C=NCCCC(=O)NC(=CCC(C)(C)C)C(SCCN)=C(C)NC(=O)c1cccc(C(=O)Nc2cc(C(C)(C)C)cc(NC(=O)CCCN)c2SCCN)c1. The van der Waals surface area contributed by atoms with Gasteiger partial charge in [-0.1, -0.05) is 53.7 Å². The van der Waals surface area contributed by atoms with E-state index < -0.39 is 11.8 Å². The third kappa shape index (κ3) is 16.8. The van der Waals surface area contributed by atoms with E-state index in [4.69, 9.17) is 17.2 Å². The lowest BCUT2D eigenvalue weighted by molar-refractivity contribution is -0.120. The molecule has 4 amide bonds. The van der Waals surface area contributed by atoms with Gasteiger partial charge in [0.2, 0.25) is 11.8 Å². The molecule has 0 unspecified atom stereocenters. The second-order valence-electron chi connectivity index (χ2n) is 15.3. The average molecular weight is 795 g/mol. The predicted molar refractivity (Wildman–Crippen MR) is 232 cm³/mol. The lowest BCUT2D eigenvalue weighted by atomic mass is 9.86. The van der Waals surface area contributed by atoms with Crippen molar-refractivity contribution in [1.29, 1.82) is 0 Å². The van der Waals surface area contributed by atoms with Crippen molar-refractivity contribution in [2.75, 3.05) is 48.3 Å². The van der Waals surface area contributed by atoms with Gasteiger partial charge in [-0.25, -0.2) is 0 Å². The van der Waals surface area contributed by atoms with Crippen LogP contribution < -0.4 is 38.5 Å². The molecule has 2 aromatic carbocycles. The van der Waals surface area contributed by atoms with Gasteiger partial charge in [0.15, 0.2) is 0 Å². The number of allylic oxidation sites excluding steroid dienone is 2. The molecule has 0 aliphatic rings. The van der Waals surface area contributed by atoms with Crippen LogP contribution in [0.25, 0.3) is 0 Å². The van der Waals surface area contributed by atoms with Crippen molar-refractivity contribution in [1.82, 2.24) is 10.6 Å². The first-order valence-corrected chi connectivity index (χ1v) is 20.6. The molecular weight excluding hydrogens is 733 g/mol. The van der Waals surface area contributed by atoms with E-state index >= 15 is 0 Å². The number of nitrogens with two attached hydrogens (primary N) is 3. The van der Waals surface area contributed by atoms with Crippen LogP contribution in [-0.2, 0) is 15.0 Å². The first-order chi connectivity index (χ1) is 25.9. The summed E-state index contributed by atoms with van der Waals surface area (Å²) in [5.74, 6) is -0.0666. The number of hydrogen-bond donors (Lipinski definition) is 7. The summed E-state index contributed by atoms with van der Waals surface area (Å²) in [4.78, 5) is 58.6. The highest BCUT2D eigenvalue weighted by Crippen LogP contribution is 2.39. The van der Waals surface area contributed by atoms with E-state index in [9.17, 15) is 19.2 Å². The van der Waals surface area contributed by atoms with Crippen molar-refractivity contribution in [2.45, 2.75) is 90.9 Å². The van der Waals surface area contributed by atoms with Gasteiger partial charge >= 0.3 is 0 Å². The summed E-state index contributed by atoms with van der Waals surface area (Å²) in [7, 11) is 0. The van der Waals surface area contributed by atoms with Gasteiger partial charge in [-0.15, -0.1) is 23.5 Å². The zero-order chi connectivity index (χ0) is 41.2. The van der Waals surface area contributed by atoms with Crippen molar-refractivity contribution >= 4 is 65.2 Å². The Hall–Kier alpha value is -3.95. The van der Waals surface area contributed by atoms with Gasteiger partial charge in [-0.3, -0.25) is 19.2 Å². The summed E-state index contributed by atoms with van der Waals surface area (Å²) in [5.41, 5.74) is 20.7. The van der Waals surface area contributed by atoms with E-state index in [1.807, 2.05) is 18.2 Å². The van der Waals surface area contributed by atoms with Gasteiger partial charge in [0.05, 0.1) is 22.0 Å². The van der Waals surface area contributed by atoms with Gasteiger partial charge < -0.3 is 43.5 Å². The topological polar surface area (TPSA) is 207 Å². The third-order valence-corrected chi connectivity index (χ3v) is 10.4. The normalized spacial score (nSPS) is 12.4. The van der Waals surface area contributed by atoms with Crippen LogP contribution in [0.15, 0.2) is 68.7 Å². The maximum absolute atomic E-state index is 13.9. The molecule has 2 rings (SSSR count). The predicted octanol–water partition coefficient (Wildman–Crippen LogP) is 6.53. The van der Waals surface area contributed by atoms with Gasteiger partial charge in [0, 0.05) is 65.7 Å². The third-order valence-electron chi connectivity index (χ3n) is 8.00. The van der Waals surface area contributed by atoms with Crippen LogP contribution in [0.2, 0.25) is 0 Å². The second kappa shape index (κ2) is 23.2. The molecule has 12 nitrogen and oxygen atoms in total. The van der Waals surface area contributed by atoms with Crippen molar-refractivity contribution < 1.29 is 19.2 Å². The van der Waals surface area contributed by atoms with Gasteiger partial charge in [0.25, 0.3) is 11.8 Å². The number of amides is 4. The molecule has 302 valence electrons. The first-order valence-electron chi connectivity index (χ1n) is 18.6. The number of thioether (sulfide) groups is 2. The molecule has 0 atom stereocenters. The maximum atomic E-state index is 13.9. The molecule has 0 fully saturated rings. The number of anilines is 2. The van der Waals surface area contributed by atoms with Crippen molar-refractivity contribution in [3.63, 3.8) is 0 Å².